The van der Waals surface area contributed by atoms with Gasteiger partial charge in [0.15, 0.2) is 11.0 Å². The van der Waals surface area contributed by atoms with Crippen LogP contribution in [0.1, 0.15) is 19.4 Å². The molecule has 1 atom stereocenters. The van der Waals surface area contributed by atoms with Gasteiger partial charge in [0.2, 0.25) is 5.91 Å². The van der Waals surface area contributed by atoms with Crippen LogP contribution in [0.15, 0.2) is 59.9 Å². The lowest BCUT2D eigenvalue weighted by atomic mass is 10.1. The first-order valence-corrected chi connectivity index (χ1v) is 10.5. The van der Waals surface area contributed by atoms with Crippen LogP contribution in [0.25, 0.3) is 28.0 Å². The molecular formula is C22H23N5OS. The van der Waals surface area contributed by atoms with Crippen molar-refractivity contribution in [2.75, 3.05) is 6.54 Å². The zero-order chi connectivity index (χ0) is 20.4. The molecule has 2 N–H and O–H groups in total. The normalized spacial score (nSPS) is 12.2. The monoisotopic (exact) mass is 405 g/mol. The molecule has 0 radical (unpaired) electrons. The highest BCUT2D eigenvalue weighted by molar-refractivity contribution is 8.00. The Bertz CT molecular complexity index is 1160. The highest BCUT2D eigenvalue weighted by Crippen LogP contribution is 2.34. The van der Waals surface area contributed by atoms with Gasteiger partial charge in [-0.05, 0) is 38.5 Å². The largest absolute Gasteiger partial charge is 0.360 e. The third-order valence-electron chi connectivity index (χ3n) is 4.82. The maximum absolute atomic E-state index is 12.3. The molecule has 0 spiro atoms. The highest BCUT2D eigenvalue weighted by Gasteiger charge is 2.23. The van der Waals surface area contributed by atoms with Crippen molar-refractivity contribution < 1.29 is 4.79 Å². The van der Waals surface area contributed by atoms with Crippen LogP contribution in [0.3, 0.4) is 0 Å². The van der Waals surface area contributed by atoms with E-state index in [0.29, 0.717) is 11.7 Å². The van der Waals surface area contributed by atoms with Gasteiger partial charge in [-0.15, -0.1) is 10.2 Å². The van der Waals surface area contributed by atoms with Gasteiger partial charge < -0.3 is 10.3 Å². The lowest BCUT2D eigenvalue weighted by molar-refractivity contribution is -0.120. The van der Waals surface area contributed by atoms with Crippen LogP contribution in [-0.4, -0.2) is 37.5 Å². The number of nitrogens with one attached hydrogen (secondary N) is 2. The summed E-state index contributed by atoms with van der Waals surface area (Å²) in [5, 5.41) is 13.4. The van der Waals surface area contributed by atoms with E-state index in [-0.39, 0.29) is 11.2 Å². The van der Waals surface area contributed by atoms with Crippen LogP contribution in [0, 0.1) is 6.92 Å². The molecule has 0 aliphatic rings. The van der Waals surface area contributed by atoms with E-state index in [0.717, 1.165) is 33.5 Å². The van der Waals surface area contributed by atoms with Crippen molar-refractivity contribution in [2.45, 2.75) is 31.2 Å². The molecule has 0 fully saturated rings. The molecule has 4 aromatic rings. The zero-order valence-electron chi connectivity index (χ0n) is 16.6. The molecule has 6 nitrogen and oxygen atoms in total. The first-order chi connectivity index (χ1) is 14.1. The Labute approximate surface area is 173 Å². The van der Waals surface area contributed by atoms with Crippen molar-refractivity contribution >= 4 is 28.6 Å². The van der Waals surface area contributed by atoms with Crippen molar-refractivity contribution in [3.63, 3.8) is 0 Å². The number of aromatic amines is 1. The number of para-hydroxylation sites is 2. The Balaban J connectivity index is 1.86. The third-order valence-corrected chi connectivity index (χ3v) is 5.86. The summed E-state index contributed by atoms with van der Waals surface area (Å²) in [5.41, 5.74) is 4.14. The minimum absolute atomic E-state index is 0.00882. The topological polar surface area (TPSA) is 75.6 Å². The number of aromatic nitrogens is 4. The number of amides is 1. The second kappa shape index (κ2) is 8.13. The summed E-state index contributed by atoms with van der Waals surface area (Å²) in [6, 6.07) is 16.3. The smallest absolute Gasteiger partial charge is 0.233 e. The fraction of sp³-hybridized carbons (Fsp3) is 0.227. The van der Waals surface area contributed by atoms with Gasteiger partial charge in [-0.2, -0.15) is 0 Å². The van der Waals surface area contributed by atoms with Gasteiger partial charge in [0, 0.05) is 29.2 Å². The molecule has 0 aliphatic carbocycles. The first-order valence-electron chi connectivity index (χ1n) is 9.62. The van der Waals surface area contributed by atoms with E-state index in [2.05, 4.69) is 45.6 Å². The van der Waals surface area contributed by atoms with Gasteiger partial charge >= 0.3 is 0 Å². The molecule has 29 heavy (non-hydrogen) atoms. The van der Waals surface area contributed by atoms with Crippen molar-refractivity contribution in [3.05, 3.63) is 60.3 Å². The molecule has 0 aliphatic heterocycles. The summed E-state index contributed by atoms with van der Waals surface area (Å²) in [6.07, 6.45) is 1.96. The number of carbonyl (C=O) groups is 1. The Kier molecular flexibility index (Phi) is 5.40. The number of thioether (sulfide) groups is 1. The molecule has 7 heteroatoms. The SMILES string of the molecule is CCNC(=O)[C@@H](C)Sc1nnc(-c2c[nH]c3ccccc23)n1-c1ccccc1C. The van der Waals surface area contributed by atoms with Crippen LogP contribution >= 0.6 is 11.8 Å². The van der Waals surface area contributed by atoms with E-state index >= 15 is 0 Å². The number of benzene rings is 2. The minimum Gasteiger partial charge on any atom is -0.360 e. The van der Waals surface area contributed by atoms with Crippen molar-refractivity contribution in [1.29, 1.82) is 0 Å². The number of carbonyl (C=O) groups excluding carboxylic acids is 1. The van der Waals surface area contributed by atoms with Crippen LogP contribution in [-0.2, 0) is 4.79 Å². The molecule has 2 aromatic carbocycles. The molecule has 1 amide bonds. The molecule has 2 aromatic heterocycles. The maximum Gasteiger partial charge on any atom is 0.233 e. The van der Waals surface area contributed by atoms with E-state index < -0.39 is 0 Å². The number of aryl methyl sites for hydroxylation is 1. The van der Waals surface area contributed by atoms with Gasteiger partial charge in [0.1, 0.15) is 0 Å². The van der Waals surface area contributed by atoms with Gasteiger partial charge in [0.05, 0.1) is 10.9 Å². The molecular weight excluding hydrogens is 382 g/mol. The molecule has 0 bridgehead atoms. The fourth-order valence-electron chi connectivity index (χ4n) is 3.34. The molecule has 0 saturated carbocycles. The number of fused-ring (bicyclic) bond motifs is 1. The standard InChI is InChI=1S/C22H23N5OS/c1-4-23-21(28)15(3)29-22-26-25-20(27(22)19-12-8-5-9-14(19)2)17-13-24-18-11-7-6-10-16(17)18/h5-13,15,24H,4H2,1-3H3,(H,23,28)/t15-/m1/s1. The number of hydrogen-bond donors (Lipinski definition) is 2. The Morgan fingerprint density at radius 3 is 2.72 bits per heavy atom. The maximum atomic E-state index is 12.3. The molecule has 2 heterocycles. The van der Waals surface area contributed by atoms with Crippen molar-refractivity contribution in [3.8, 4) is 17.1 Å². The van der Waals surface area contributed by atoms with E-state index in [9.17, 15) is 4.79 Å². The van der Waals surface area contributed by atoms with Gasteiger partial charge in [-0.1, -0.05) is 48.2 Å². The zero-order valence-corrected chi connectivity index (χ0v) is 17.5. The Morgan fingerprint density at radius 2 is 1.93 bits per heavy atom. The van der Waals surface area contributed by atoms with Crippen LogP contribution < -0.4 is 5.32 Å². The lowest BCUT2D eigenvalue weighted by Gasteiger charge is -2.15. The van der Waals surface area contributed by atoms with Crippen LogP contribution in [0.2, 0.25) is 0 Å². The van der Waals surface area contributed by atoms with Gasteiger partial charge in [-0.3, -0.25) is 9.36 Å². The Morgan fingerprint density at radius 1 is 1.17 bits per heavy atom. The minimum atomic E-state index is -0.280. The molecule has 148 valence electrons. The van der Waals surface area contributed by atoms with Gasteiger partial charge in [0.25, 0.3) is 0 Å². The first kappa shape index (κ1) is 19.3. The quantitative estimate of drug-likeness (QED) is 0.468. The highest BCUT2D eigenvalue weighted by atomic mass is 32.2. The van der Waals surface area contributed by atoms with E-state index in [1.807, 2.05) is 54.9 Å². The number of hydrogen-bond acceptors (Lipinski definition) is 4. The second-order valence-corrected chi connectivity index (χ2v) is 8.14. The summed E-state index contributed by atoms with van der Waals surface area (Å²) in [4.78, 5) is 15.6. The van der Waals surface area contributed by atoms with Crippen molar-refractivity contribution in [1.82, 2.24) is 25.1 Å². The summed E-state index contributed by atoms with van der Waals surface area (Å²) in [5.74, 6) is 0.743. The molecule has 0 saturated heterocycles. The van der Waals surface area contributed by atoms with Crippen LogP contribution in [0.4, 0.5) is 0 Å². The number of H-pyrrole nitrogens is 1. The molecule has 4 rings (SSSR count). The third kappa shape index (κ3) is 3.65. The number of nitrogens with zero attached hydrogens (tertiary/aromatic N) is 3. The van der Waals surface area contributed by atoms with Gasteiger partial charge in [-0.25, -0.2) is 0 Å². The second-order valence-electron chi connectivity index (χ2n) is 6.83. The average Bonchev–Trinajstić information content (AvgIpc) is 3.32. The fourth-order valence-corrected chi connectivity index (χ4v) is 4.22. The summed E-state index contributed by atoms with van der Waals surface area (Å²) in [7, 11) is 0. The van der Waals surface area contributed by atoms with E-state index in [4.69, 9.17) is 0 Å². The predicted octanol–water partition coefficient (Wildman–Crippen LogP) is 4.34. The summed E-state index contributed by atoms with van der Waals surface area (Å²) in [6.45, 7) is 6.48. The molecule has 0 unspecified atom stereocenters. The van der Waals surface area contributed by atoms with Crippen molar-refractivity contribution in [2.24, 2.45) is 0 Å². The lowest BCUT2D eigenvalue weighted by Crippen LogP contribution is -2.30. The van der Waals surface area contributed by atoms with E-state index in [1.54, 1.807) is 0 Å². The predicted molar refractivity (Wildman–Crippen MR) is 117 cm³/mol. The number of rotatable bonds is 6. The average molecular weight is 406 g/mol. The van der Waals surface area contributed by atoms with Crippen LogP contribution in [0.5, 0.6) is 0 Å². The summed E-state index contributed by atoms with van der Waals surface area (Å²) < 4.78 is 2.05. The Hall–Kier alpha value is -3.06. The van der Waals surface area contributed by atoms with E-state index in [1.165, 1.54) is 11.8 Å². The summed E-state index contributed by atoms with van der Waals surface area (Å²) >= 11 is 1.41.